The molecule has 1 aliphatic carbocycles. The Balaban J connectivity index is 1.38. The van der Waals surface area contributed by atoms with Crippen LogP contribution in [0.25, 0.3) is 11.1 Å². The van der Waals surface area contributed by atoms with Gasteiger partial charge in [0.25, 0.3) is 0 Å². The van der Waals surface area contributed by atoms with Crippen LogP contribution in [0.4, 0.5) is 5.69 Å². The summed E-state index contributed by atoms with van der Waals surface area (Å²) in [7, 11) is -3.34. The monoisotopic (exact) mass is 466 g/mol. The summed E-state index contributed by atoms with van der Waals surface area (Å²) in [5.74, 6) is 0.976. The molecule has 2 aliphatic rings. The van der Waals surface area contributed by atoms with Gasteiger partial charge in [0, 0.05) is 12.1 Å². The maximum atomic E-state index is 12.9. The Morgan fingerprint density at radius 1 is 1.18 bits per heavy atom. The number of nitrogens with zero attached hydrogens (tertiary/aromatic N) is 1. The van der Waals surface area contributed by atoms with Crippen molar-refractivity contribution in [2.75, 3.05) is 17.5 Å². The SMILES string of the molecule is CS(=O)(=O)Nc1cccc(-c2ccc(CC(C#N)NC(=O)C3NCC4CCCC3C4)cc2)c1. The molecular weight excluding hydrogens is 436 g/mol. The fourth-order valence-electron chi connectivity index (χ4n) is 5.02. The van der Waals surface area contributed by atoms with Crippen LogP contribution in [0.5, 0.6) is 0 Å². The lowest BCUT2D eigenvalue weighted by Gasteiger charge is -2.40. The summed E-state index contributed by atoms with van der Waals surface area (Å²) in [6.45, 7) is 0.883. The summed E-state index contributed by atoms with van der Waals surface area (Å²) >= 11 is 0. The van der Waals surface area contributed by atoms with Gasteiger partial charge in [0.2, 0.25) is 15.9 Å². The largest absolute Gasteiger partial charge is 0.339 e. The molecule has 1 saturated carbocycles. The lowest BCUT2D eigenvalue weighted by Crippen LogP contribution is -2.56. The van der Waals surface area contributed by atoms with Crippen molar-refractivity contribution in [1.82, 2.24) is 10.6 Å². The molecule has 4 unspecified atom stereocenters. The van der Waals surface area contributed by atoms with Crippen LogP contribution in [-0.4, -0.2) is 39.2 Å². The third kappa shape index (κ3) is 6.12. The van der Waals surface area contributed by atoms with Crippen LogP contribution in [0.1, 0.15) is 31.2 Å². The highest BCUT2D eigenvalue weighted by Gasteiger charge is 2.37. The van der Waals surface area contributed by atoms with E-state index in [2.05, 4.69) is 21.4 Å². The first-order valence-electron chi connectivity index (χ1n) is 11.4. The number of hydrogen-bond acceptors (Lipinski definition) is 5. The molecule has 33 heavy (non-hydrogen) atoms. The number of carbonyl (C=O) groups excluding carboxylic acids is 1. The number of benzene rings is 2. The molecular formula is C25H30N4O3S. The number of nitriles is 1. The average Bonchev–Trinajstić information content (AvgIpc) is 2.78. The van der Waals surface area contributed by atoms with E-state index in [1.807, 2.05) is 30.3 Å². The molecule has 174 valence electrons. The Hall–Kier alpha value is -2.89. The fourth-order valence-corrected chi connectivity index (χ4v) is 5.58. The van der Waals surface area contributed by atoms with Crippen molar-refractivity contribution in [3.63, 3.8) is 0 Å². The molecule has 1 amide bonds. The van der Waals surface area contributed by atoms with Crippen LogP contribution < -0.4 is 15.4 Å². The first kappa shape index (κ1) is 23.3. The van der Waals surface area contributed by atoms with Crippen LogP contribution in [0.3, 0.4) is 0 Å². The van der Waals surface area contributed by atoms with Gasteiger partial charge in [-0.15, -0.1) is 0 Å². The van der Waals surface area contributed by atoms with Crippen LogP contribution in [-0.2, 0) is 21.2 Å². The molecule has 2 aromatic rings. The summed E-state index contributed by atoms with van der Waals surface area (Å²) < 4.78 is 25.5. The van der Waals surface area contributed by atoms with Crippen molar-refractivity contribution in [3.8, 4) is 17.2 Å². The van der Waals surface area contributed by atoms with E-state index in [1.54, 1.807) is 18.2 Å². The molecule has 4 atom stereocenters. The molecule has 0 spiro atoms. The number of carbonyl (C=O) groups is 1. The zero-order valence-corrected chi connectivity index (χ0v) is 19.6. The van der Waals surface area contributed by atoms with E-state index in [9.17, 15) is 18.5 Å². The Kier molecular flexibility index (Phi) is 7.01. The van der Waals surface area contributed by atoms with Gasteiger partial charge in [0.1, 0.15) is 6.04 Å². The maximum absolute atomic E-state index is 12.9. The minimum absolute atomic E-state index is 0.0706. The smallest absolute Gasteiger partial charge is 0.238 e. The van der Waals surface area contributed by atoms with Crippen molar-refractivity contribution < 1.29 is 13.2 Å². The van der Waals surface area contributed by atoms with Gasteiger partial charge in [0.15, 0.2) is 0 Å². The van der Waals surface area contributed by atoms with E-state index < -0.39 is 16.1 Å². The third-order valence-electron chi connectivity index (χ3n) is 6.57. The zero-order valence-electron chi connectivity index (χ0n) is 18.8. The van der Waals surface area contributed by atoms with Crippen LogP contribution in [0, 0.1) is 23.2 Å². The normalized spacial score (nSPS) is 23.2. The first-order valence-corrected chi connectivity index (χ1v) is 13.3. The quantitative estimate of drug-likeness (QED) is 0.581. The topological polar surface area (TPSA) is 111 Å². The highest BCUT2D eigenvalue weighted by atomic mass is 32.2. The Morgan fingerprint density at radius 2 is 1.97 bits per heavy atom. The predicted molar refractivity (Wildman–Crippen MR) is 129 cm³/mol. The van der Waals surface area contributed by atoms with E-state index in [0.717, 1.165) is 42.3 Å². The van der Waals surface area contributed by atoms with Crippen molar-refractivity contribution in [1.29, 1.82) is 5.26 Å². The van der Waals surface area contributed by atoms with Gasteiger partial charge in [-0.25, -0.2) is 8.42 Å². The van der Waals surface area contributed by atoms with Crippen molar-refractivity contribution >= 4 is 21.6 Å². The van der Waals surface area contributed by atoms with Crippen LogP contribution in [0.2, 0.25) is 0 Å². The highest BCUT2D eigenvalue weighted by molar-refractivity contribution is 7.92. The van der Waals surface area contributed by atoms with E-state index >= 15 is 0 Å². The molecule has 1 saturated heterocycles. The average molecular weight is 467 g/mol. The van der Waals surface area contributed by atoms with E-state index in [1.165, 1.54) is 12.8 Å². The summed E-state index contributed by atoms with van der Waals surface area (Å²) in [5, 5.41) is 16.0. The zero-order chi connectivity index (χ0) is 23.4. The molecule has 3 N–H and O–H groups in total. The Morgan fingerprint density at radius 3 is 2.70 bits per heavy atom. The number of fused-ring (bicyclic) bond motifs is 2. The van der Waals surface area contributed by atoms with Crippen LogP contribution >= 0.6 is 0 Å². The van der Waals surface area contributed by atoms with Gasteiger partial charge in [-0.2, -0.15) is 5.26 Å². The van der Waals surface area contributed by atoms with Gasteiger partial charge in [-0.1, -0.05) is 42.8 Å². The van der Waals surface area contributed by atoms with E-state index in [-0.39, 0.29) is 11.9 Å². The van der Waals surface area contributed by atoms with Gasteiger partial charge in [-0.05, 0) is 66.5 Å². The van der Waals surface area contributed by atoms with E-state index in [0.29, 0.717) is 23.9 Å². The number of hydrogen-bond donors (Lipinski definition) is 3. The summed E-state index contributed by atoms with van der Waals surface area (Å²) in [5.41, 5.74) is 3.28. The summed E-state index contributed by atoms with van der Waals surface area (Å²) in [6.07, 6.45) is 6.15. The summed E-state index contributed by atoms with van der Waals surface area (Å²) in [4.78, 5) is 12.9. The van der Waals surface area contributed by atoms with Crippen molar-refractivity contribution in [3.05, 3.63) is 54.1 Å². The molecule has 2 bridgehead atoms. The number of rotatable bonds is 7. The molecule has 0 aromatic heterocycles. The Bertz CT molecular complexity index is 1140. The predicted octanol–water partition coefficient (Wildman–Crippen LogP) is 3.05. The standard InChI is InChI=1S/C25H30N4O3S/c1-33(31,32)29-22-7-3-5-20(14-22)19-10-8-17(9-11-19)13-23(15-26)28-25(30)24-21-6-2-4-18(12-21)16-27-24/h3,5,7-11,14,18,21,23-24,27,29H,2,4,6,12-13,16H2,1H3,(H,28,30). The highest BCUT2D eigenvalue weighted by Crippen LogP contribution is 2.34. The van der Waals surface area contributed by atoms with E-state index in [4.69, 9.17) is 0 Å². The molecule has 2 aromatic carbocycles. The van der Waals surface area contributed by atoms with Crippen LogP contribution in [0.15, 0.2) is 48.5 Å². The first-order chi connectivity index (χ1) is 15.8. The number of amides is 1. The fraction of sp³-hybridized carbons (Fsp3) is 0.440. The second-order valence-corrected chi connectivity index (χ2v) is 11.0. The van der Waals surface area contributed by atoms with Gasteiger partial charge >= 0.3 is 0 Å². The molecule has 4 rings (SSSR count). The maximum Gasteiger partial charge on any atom is 0.238 e. The minimum Gasteiger partial charge on any atom is -0.339 e. The van der Waals surface area contributed by atoms with Gasteiger partial charge < -0.3 is 10.6 Å². The lowest BCUT2D eigenvalue weighted by molar-refractivity contribution is -0.126. The molecule has 8 heteroatoms. The number of piperidine rings is 1. The second kappa shape index (κ2) is 9.94. The van der Waals surface area contributed by atoms with Gasteiger partial charge in [0.05, 0.1) is 18.4 Å². The number of nitrogens with one attached hydrogen (secondary N) is 3. The molecule has 0 radical (unpaired) electrons. The number of sulfonamides is 1. The molecule has 7 nitrogen and oxygen atoms in total. The lowest BCUT2D eigenvalue weighted by atomic mass is 9.74. The molecule has 1 heterocycles. The molecule has 1 aliphatic heterocycles. The third-order valence-corrected chi connectivity index (χ3v) is 7.18. The summed E-state index contributed by atoms with van der Waals surface area (Å²) in [6, 6.07) is 16.4. The Labute approximate surface area is 195 Å². The van der Waals surface area contributed by atoms with Crippen molar-refractivity contribution in [2.24, 2.45) is 11.8 Å². The van der Waals surface area contributed by atoms with Gasteiger partial charge in [-0.3, -0.25) is 9.52 Å². The molecule has 2 fully saturated rings. The minimum atomic E-state index is -3.34. The second-order valence-electron chi connectivity index (χ2n) is 9.22. The van der Waals surface area contributed by atoms with Crippen molar-refractivity contribution in [2.45, 2.75) is 44.2 Å². The number of anilines is 1.